The quantitative estimate of drug-likeness (QED) is 0.513. The maximum atomic E-state index is 12.9. The van der Waals surface area contributed by atoms with Crippen LogP contribution >= 0.6 is 23.5 Å². The second kappa shape index (κ2) is 8.91. The first-order valence-electron chi connectivity index (χ1n) is 11.0. The molecule has 6 heteroatoms. The van der Waals surface area contributed by atoms with Crippen molar-refractivity contribution < 1.29 is 13.9 Å². The highest BCUT2D eigenvalue weighted by atomic mass is 32.2. The van der Waals surface area contributed by atoms with E-state index in [2.05, 4.69) is 25.1 Å². The summed E-state index contributed by atoms with van der Waals surface area (Å²) in [5.41, 5.74) is 1.33. The van der Waals surface area contributed by atoms with E-state index in [4.69, 9.17) is 9.15 Å². The highest BCUT2D eigenvalue weighted by Gasteiger charge is 2.37. The number of hydrogen-bond donors (Lipinski definition) is 0. The summed E-state index contributed by atoms with van der Waals surface area (Å²) in [7, 11) is 0. The zero-order valence-corrected chi connectivity index (χ0v) is 19.1. The molecular weight excluding hydrogens is 414 g/mol. The summed E-state index contributed by atoms with van der Waals surface area (Å²) in [5, 5.41) is 0. The first-order chi connectivity index (χ1) is 14.7. The second-order valence-corrected chi connectivity index (χ2v) is 11.4. The van der Waals surface area contributed by atoms with E-state index < -0.39 is 0 Å². The first kappa shape index (κ1) is 20.4. The van der Waals surface area contributed by atoms with E-state index in [0.29, 0.717) is 23.1 Å². The summed E-state index contributed by atoms with van der Waals surface area (Å²) in [6.07, 6.45) is 4.66. The van der Waals surface area contributed by atoms with E-state index in [1.807, 2.05) is 46.6 Å². The number of ether oxygens (including phenoxy) is 1. The molecule has 2 atom stereocenters. The minimum Gasteiger partial charge on any atom is -0.484 e. The van der Waals surface area contributed by atoms with Gasteiger partial charge in [0.25, 0.3) is 5.91 Å². The minimum absolute atomic E-state index is 0.0395. The lowest BCUT2D eigenvalue weighted by molar-refractivity contribution is -0.134. The highest BCUT2D eigenvalue weighted by Crippen LogP contribution is 2.47. The van der Waals surface area contributed by atoms with Gasteiger partial charge in [0.1, 0.15) is 17.3 Å². The third-order valence-electron chi connectivity index (χ3n) is 6.13. The van der Waals surface area contributed by atoms with E-state index in [1.54, 1.807) is 0 Å². The fourth-order valence-corrected chi connectivity index (χ4v) is 6.90. The van der Waals surface area contributed by atoms with Crippen LogP contribution in [0.25, 0.3) is 0 Å². The molecule has 1 aromatic carbocycles. The van der Waals surface area contributed by atoms with Crippen LogP contribution in [0.15, 0.2) is 40.8 Å². The van der Waals surface area contributed by atoms with Gasteiger partial charge in [0, 0.05) is 12.0 Å². The van der Waals surface area contributed by atoms with Crippen LogP contribution in [-0.2, 0) is 11.3 Å². The third kappa shape index (κ3) is 4.86. The fraction of sp³-hybridized carbons (Fsp3) is 0.542. The Bertz CT molecular complexity index is 871. The molecule has 1 saturated heterocycles. The Morgan fingerprint density at radius 2 is 1.87 bits per heavy atom. The van der Waals surface area contributed by atoms with E-state index in [0.717, 1.165) is 36.0 Å². The van der Waals surface area contributed by atoms with E-state index >= 15 is 0 Å². The Kier molecular flexibility index (Phi) is 6.05. The maximum absolute atomic E-state index is 12.9. The molecule has 0 N–H and O–H groups in total. The zero-order chi connectivity index (χ0) is 20.5. The van der Waals surface area contributed by atoms with Crippen LogP contribution in [0.4, 0.5) is 0 Å². The van der Waals surface area contributed by atoms with Gasteiger partial charge in [-0.1, -0.05) is 19.1 Å². The van der Waals surface area contributed by atoms with Gasteiger partial charge in [0.15, 0.2) is 6.61 Å². The van der Waals surface area contributed by atoms with Crippen molar-refractivity contribution in [2.45, 2.75) is 55.7 Å². The van der Waals surface area contributed by atoms with Gasteiger partial charge in [-0.05, 0) is 72.9 Å². The van der Waals surface area contributed by atoms with Gasteiger partial charge < -0.3 is 14.1 Å². The topological polar surface area (TPSA) is 42.7 Å². The predicted octanol–water partition coefficient (Wildman–Crippen LogP) is 5.84. The monoisotopic (exact) mass is 443 g/mol. The average Bonchev–Trinajstić information content (AvgIpc) is 3.71. The van der Waals surface area contributed by atoms with Crippen molar-refractivity contribution in [3.8, 4) is 5.75 Å². The molecule has 5 rings (SSSR count). The van der Waals surface area contributed by atoms with Gasteiger partial charge in [-0.2, -0.15) is 0 Å². The second-order valence-electron chi connectivity index (χ2n) is 8.66. The van der Waals surface area contributed by atoms with E-state index in [1.165, 1.54) is 29.9 Å². The number of carbonyl (C=O) groups is 1. The van der Waals surface area contributed by atoms with Crippen molar-refractivity contribution >= 4 is 29.4 Å². The molecule has 1 aromatic heterocycles. The largest absolute Gasteiger partial charge is 0.484 e. The predicted molar refractivity (Wildman–Crippen MR) is 123 cm³/mol. The maximum Gasteiger partial charge on any atom is 0.261 e. The molecule has 1 amide bonds. The number of furan rings is 1. The van der Waals surface area contributed by atoms with Crippen molar-refractivity contribution in [2.75, 3.05) is 18.1 Å². The fourth-order valence-electron chi connectivity index (χ4n) is 4.00. The Morgan fingerprint density at radius 1 is 1.13 bits per heavy atom. The summed E-state index contributed by atoms with van der Waals surface area (Å²) in [5.74, 6) is 6.52. The van der Waals surface area contributed by atoms with Gasteiger partial charge in [-0.3, -0.25) is 4.79 Å². The molecule has 30 heavy (non-hydrogen) atoms. The molecule has 3 fully saturated rings. The lowest BCUT2D eigenvalue weighted by Gasteiger charge is -2.22. The summed E-state index contributed by atoms with van der Waals surface area (Å²) in [4.78, 5) is 14.8. The summed E-state index contributed by atoms with van der Waals surface area (Å²) in [6.45, 7) is 2.88. The number of rotatable bonds is 8. The lowest BCUT2D eigenvalue weighted by Crippen LogP contribution is -2.36. The van der Waals surface area contributed by atoms with Crippen molar-refractivity contribution in [2.24, 2.45) is 5.92 Å². The Balaban J connectivity index is 1.15. The molecule has 4 nitrogen and oxygen atoms in total. The number of carbonyl (C=O) groups excluding carboxylic acids is 1. The van der Waals surface area contributed by atoms with Crippen molar-refractivity contribution in [3.63, 3.8) is 0 Å². The zero-order valence-electron chi connectivity index (χ0n) is 17.4. The minimum atomic E-state index is 0.0395. The summed E-state index contributed by atoms with van der Waals surface area (Å²) < 4.78 is 12.4. The molecular formula is C24H29NO3S2. The number of benzene rings is 1. The first-order valence-corrected chi connectivity index (χ1v) is 13.1. The number of nitrogens with zero attached hydrogens (tertiary/aromatic N) is 1. The summed E-state index contributed by atoms with van der Waals surface area (Å²) >= 11 is 4.03. The normalized spacial score (nSPS) is 23.9. The van der Waals surface area contributed by atoms with Crippen molar-refractivity contribution in [1.29, 1.82) is 0 Å². The molecule has 1 aliphatic heterocycles. The SMILES string of the molecule is CC1CC1c1ccc(CN(C(=O)COc2ccc(C3SCCCS3)cc2)C2CC2)o1. The third-order valence-corrected chi connectivity index (χ3v) is 9.15. The van der Waals surface area contributed by atoms with Gasteiger partial charge >= 0.3 is 0 Å². The van der Waals surface area contributed by atoms with Crippen molar-refractivity contribution in [3.05, 3.63) is 53.5 Å². The molecule has 2 aromatic rings. The standard InChI is InChI=1S/C24H29NO3S2/c1-16-13-21(16)22-10-9-20(28-22)14-25(18-5-6-18)23(26)15-27-19-7-3-17(4-8-19)24-29-11-2-12-30-24/h3-4,7-10,16,18,21,24H,2,5-6,11-15H2,1H3. The molecule has 0 radical (unpaired) electrons. The van der Waals surface area contributed by atoms with Gasteiger partial charge in [0.05, 0.1) is 11.1 Å². The molecule has 160 valence electrons. The van der Waals surface area contributed by atoms with Crippen LogP contribution in [0.5, 0.6) is 5.75 Å². The van der Waals surface area contributed by atoms with Crippen LogP contribution in [0.3, 0.4) is 0 Å². The lowest BCUT2D eigenvalue weighted by atomic mass is 10.2. The molecule has 3 aliphatic rings. The molecule has 2 heterocycles. The molecule has 0 bridgehead atoms. The Hall–Kier alpha value is -1.53. The number of thioether (sulfide) groups is 2. The van der Waals surface area contributed by atoms with Crippen molar-refractivity contribution in [1.82, 2.24) is 4.90 Å². The number of amides is 1. The van der Waals surface area contributed by atoms with Gasteiger partial charge in [-0.15, -0.1) is 23.5 Å². The van der Waals surface area contributed by atoms with E-state index in [-0.39, 0.29) is 12.5 Å². The molecule has 2 unspecified atom stereocenters. The van der Waals surface area contributed by atoms with Crippen LogP contribution in [0.2, 0.25) is 0 Å². The highest BCUT2D eigenvalue weighted by molar-refractivity contribution is 8.16. The van der Waals surface area contributed by atoms with Crippen LogP contribution in [0, 0.1) is 5.92 Å². The molecule has 2 saturated carbocycles. The van der Waals surface area contributed by atoms with E-state index in [9.17, 15) is 4.79 Å². The Morgan fingerprint density at radius 3 is 2.53 bits per heavy atom. The van der Waals surface area contributed by atoms with Crippen LogP contribution < -0.4 is 4.74 Å². The molecule has 0 spiro atoms. The Labute approximate surface area is 187 Å². The average molecular weight is 444 g/mol. The molecule has 2 aliphatic carbocycles. The summed E-state index contributed by atoms with van der Waals surface area (Å²) in [6, 6.07) is 12.7. The van der Waals surface area contributed by atoms with Gasteiger partial charge in [0.2, 0.25) is 0 Å². The van der Waals surface area contributed by atoms with Crippen LogP contribution in [-0.4, -0.2) is 35.0 Å². The smallest absolute Gasteiger partial charge is 0.261 e. The number of hydrogen-bond acceptors (Lipinski definition) is 5. The van der Waals surface area contributed by atoms with Gasteiger partial charge in [-0.25, -0.2) is 0 Å². The van der Waals surface area contributed by atoms with Crippen LogP contribution in [0.1, 0.15) is 60.2 Å².